The molecule has 22 heavy (non-hydrogen) atoms. The third-order valence-electron chi connectivity index (χ3n) is 3.20. The molecule has 0 spiro atoms. The van der Waals surface area contributed by atoms with E-state index >= 15 is 0 Å². The molecular formula is C15H21NO6. The summed E-state index contributed by atoms with van der Waals surface area (Å²) >= 11 is 0. The lowest BCUT2D eigenvalue weighted by Crippen LogP contribution is -2.56. The summed E-state index contributed by atoms with van der Waals surface area (Å²) in [7, 11) is 0. The Morgan fingerprint density at radius 2 is 1.68 bits per heavy atom. The van der Waals surface area contributed by atoms with Crippen molar-refractivity contribution in [2.24, 2.45) is 0 Å². The van der Waals surface area contributed by atoms with Crippen LogP contribution < -0.4 is 5.32 Å². The predicted octanol–water partition coefficient (Wildman–Crippen LogP) is -1.62. The van der Waals surface area contributed by atoms with Crippen LogP contribution in [-0.4, -0.2) is 63.1 Å². The Hall–Kier alpha value is -1.80. The summed E-state index contributed by atoms with van der Waals surface area (Å²) in [6, 6.07) is 7.33. The van der Waals surface area contributed by atoms with E-state index in [0.29, 0.717) is 5.56 Å². The molecule has 1 rings (SSSR count). The van der Waals surface area contributed by atoms with Gasteiger partial charge in [0.05, 0.1) is 6.61 Å². The number of aliphatic hydroxyl groups excluding tert-OH is 4. The van der Waals surface area contributed by atoms with Gasteiger partial charge in [0, 0.05) is 13.3 Å². The molecule has 0 saturated heterocycles. The van der Waals surface area contributed by atoms with E-state index in [1.54, 1.807) is 30.3 Å². The SMILES string of the molecule is CC(=O)N[C@@H](C(=O)Cc1ccccc1)[C@@H](O)[C@@H](O)[C@H](O)CO. The van der Waals surface area contributed by atoms with Gasteiger partial charge >= 0.3 is 0 Å². The quantitative estimate of drug-likeness (QED) is 0.393. The summed E-state index contributed by atoms with van der Waals surface area (Å²) < 4.78 is 0. The standard InChI is InChI=1S/C15H21NO6/c1-9(18)16-13(15(22)14(21)12(20)8-17)11(19)7-10-5-3-2-4-6-10/h2-6,12-15,17,20-22H,7-8H2,1H3,(H,16,18)/t12-,13+,14+,15-/m1/s1. The molecule has 4 atom stereocenters. The second-order valence-electron chi connectivity index (χ2n) is 5.04. The molecular weight excluding hydrogens is 290 g/mol. The van der Waals surface area contributed by atoms with Gasteiger partial charge in [0.25, 0.3) is 0 Å². The molecule has 0 radical (unpaired) electrons. The summed E-state index contributed by atoms with van der Waals surface area (Å²) in [4.78, 5) is 23.5. The lowest BCUT2D eigenvalue weighted by atomic mass is 9.94. The molecule has 0 saturated carbocycles. The summed E-state index contributed by atoms with van der Waals surface area (Å²) in [6.07, 6.45) is -5.16. The molecule has 1 aromatic carbocycles. The van der Waals surface area contributed by atoms with Crippen LogP contribution in [0.4, 0.5) is 0 Å². The second kappa shape index (κ2) is 8.60. The van der Waals surface area contributed by atoms with E-state index < -0.39 is 42.7 Å². The van der Waals surface area contributed by atoms with Crippen LogP contribution in [0.15, 0.2) is 30.3 Å². The Bertz CT molecular complexity index is 492. The first-order valence-corrected chi connectivity index (χ1v) is 6.85. The number of hydrogen-bond donors (Lipinski definition) is 5. The fraction of sp³-hybridized carbons (Fsp3) is 0.467. The lowest BCUT2D eigenvalue weighted by Gasteiger charge is -2.28. The molecule has 7 nitrogen and oxygen atoms in total. The molecule has 0 fully saturated rings. The zero-order chi connectivity index (χ0) is 16.7. The molecule has 0 bridgehead atoms. The van der Waals surface area contributed by atoms with E-state index in [1.807, 2.05) is 0 Å². The number of carbonyl (C=O) groups is 2. The number of nitrogens with one attached hydrogen (secondary N) is 1. The van der Waals surface area contributed by atoms with Crippen molar-refractivity contribution >= 4 is 11.7 Å². The summed E-state index contributed by atoms with van der Waals surface area (Å²) in [6.45, 7) is 0.391. The normalized spacial score (nSPS) is 16.4. The largest absolute Gasteiger partial charge is 0.394 e. The zero-order valence-corrected chi connectivity index (χ0v) is 12.2. The van der Waals surface area contributed by atoms with E-state index in [0.717, 1.165) is 0 Å². The van der Waals surface area contributed by atoms with Crippen LogP contribution in [0, 0.1) is 0 Å². The monoisotopic (exact) mass is 311 g/mol. The fourth-order valence-electron chi connectivity index (χ4n) is 2.02. The molecule has 5 N–H and O–H groups in total. The van der Waals surface area contributed by atoms with Crippen molar-refractivity contribution in [1.82, 2.24) is 5.32 Å². The topological polar surface area (TPSA) is 127 Å². The van der Waals surface area contributed by atoms with Crippen LogP contribution in [0.5, 0.6) is 0 Å². The Labute approximate surface area is 128 Å². The Kier molecular flexibility index (Phi) is 7.13. The van der Waals surface area contributed by atoms with E-state index in [9.17, 15) is 24.9 Å². The number of hydrogen-bond acceptors (Lipinski definition) is 6. The minimum absolute atomic E-state index is 0.0508. The van der Waals surface area contributed by atoms with Crippen molar-refractivity contribution in [1.29, 1.82) is 0 Å². The fourth-order valence-corrected chi connectivity index (χ4v) is 2.02. The number of carbonyl (C=O) groups excluding carboxylic acids is 2. The highest BCUT2D eigenvalue weighted by atomic mass is 16.4. The molecule has 0 aliphatic rings. The highest BCUT2D eigenvalue weighted by Gasteiger charge is 2.35. The van der Waals surface area contributed by atoms with Crippen molar-refractivity contribution in [3.05, 3.63) is 35.9 Å². The highest BCUT2D eigenvalue weighted by molar-refractivity contribution is 5.90. The average molecular weight is 311 g/mol. The van der Waals surface area contributed by atoms with Crippen LogP contribution >= 0.6 is 0 Å². The van der Waals surface area contributed by atoms with Gasteiger partial charge in [0.2, 0.25) is 5.91 Å². The van der Waals surface area contributed by atoms with Crippen LogP contribution in [0.1, 0.15) is 12.5 Å². The number of aliphatic hydroxyl groups is 4. The molecule has 122 valence electrons. The Morgan fingerprint density at radius 1 is 1.09 bits per heavy atom. The third-order valence-corrected chi connectivity index (χ3v) is 3.20. The Morgan fingerprint density at radius 3 is 2.18 bits per heavy atom. The molecule has 7 heteroatoms. The van der Waals surface area contributed by atoms with Gasteiger partial charge in [-0.05, 0) is 5.56 Å². The van der Waals surface area contributed by atoms with Gasteiger partial charge in [-0.15, -0.1) is 0 Å². The van der Waals surface area contributed by atoms with Gasteiger partial charge < -0.3 is 25.7 Å². The Balaban J connectivity index is 2.87. The number of Topliss-reactive ketones (excluding diaryl/α,β-unsaturated/α-hetero) is 1. The minimum Gasteiger partial charge on any atom is -0.394 e. The summed E-state index contributed by atoms with van der Waals surface area (Å²) in [5.74, 6) is -1.07. The van der Waals surface area contributed by atoms with Crippen molar-refractivity contribution in [2.45, 2.75) is 37.7 Å². The maximum absolute atomic E-state index is 12.3. The van der Waals surface area contributed by atoms with E-state index in [2.05, 4.69) is 5.32 Å². The molecule has 0 unspecified atom stereocenters. The maximum atomic E-state index is 12.3. The van der Waals surface area contributed by atoms with E-state index in [4.69, 9.17) is 5.11 Å². The number of benzene rings is 1. The molecule has 0 aliphatic carbocycles. The number of amides is 1. The van der Waals surface area contributed by atoms with Gasteiger partial charge in [0.15, 0.2) is 5.78 Å². The first kappa shape index (κ1) is 18.2. The molecule has 0 heterocycles. The second-order valence-corrected chi connectivity index (χ2v) is 5.04. The van der Waals surface area contributed by atoms with Gasteiger partial charge in [-0.1, -0.05) is 30.3 Å². The number of rotatable bonds is 8. The first-order valence-electron chi connectivity index (χ1n) is 6.85. The van der Waals surface area contributed by atoms with Crippen LogP contribution in [0.2, 0.25) is 0 Å². The summed E-state index contributed by atoms with van der Waals surface area (Å²) in [5, 5.41) is 40.2. The van der Waals surface area contributed by atoms with Gasteiger partial charge in [-0.2, -0.15) is 0 Å². The maximum Gasteiger partial charge on any atom is 0.217 e. The van der Waals surface area contributed by atoms with Crippen LogP contribution in [-0.2, 0) is 16.0 Å². The van der Waals surface area contributed by atoms with Crippen LogP contribution in [0.25, 0.3) is 0 Å². The van der Waals surface area contributed by atoms with Crippen molar-refractivity contribution in [3.63, 3.8) is 0 Å². The number of ketones is 1. The van der Waals surface area contributed by atoms with Crippen molar-refractivity contribution < 1.29 is 30.0 Å². The molecule has 1 aromatic rings. The average Bonchev–Trinajstić information content (AvgIpc) is 2.51. The zero-order valence-electron chi connectivity index (χ0n) is 12.2. The van der Waals surface area contributed by atoms with E-state index in [1.165, 1.54) is 6.92 Å². The van der Waals surface area contributed by atoms with Gasteiger partial charge in [-0.25, -0.2) is 0 Å². The van der Waals surface area contributed by atoms with Gasteiger partial charge in [-0.3, -0.25) is 9.59 Å². The predicted molar refractivity (Wildman–Crippen MR) is 77.9 cm³/mol. The molecule has 0 aliphatic heterocycles. The highest BCUT2D eigenvalue weighted by Crippen LogP contribution is 2.10. The van der Waals surface area contributed by atoms with Crippen molar-refractivity contribution in [2.75, 3.05) is 6.61 Å². The summed E-state index contributed by atoms with van der Waals surface area (Å²) in [5.41, 5.74) is 0.687. The molecule has 1 amide bonds. The molecule has 0 aromatic heterocycles. The minimum atomic E-state index is -1.76. The van der Waals surface area contributed by atoms with E-state index in [-0.39, 0.29) is 6.42 Å². The first-order chi connectivity index (χ1) is 10.4. The van der Waals surface area contributed by atoms with Crippen molar-refractivity contribution in [3.8, 4) is 0 Å². The smallest absolute Gasteiger partial charge is 0.217 e. The lowest BCUT2D eigenvalue weighted by molar-refractivity contribution is -0.136. The van der Waals surface area contributed by atoms with Crippen LogP contribution in [0.3, 0.4) is 0 Å². The van der Waals surface area contributed by atoms with Gasteiger partial charge in [0.1, 0.15) is 24.4 Å². The third kappa shape index (κ3) is 5.19.